The van der Waals surface area contributed by atoms with Crippen molar-refractivity contribution in [2.45, 2.75) is 90.6 Å². The van der Waals surface area contributed by atoms with Gasteiger partial charge in [0.05, 0.1) is 6.61 Å². The van der Waals surface area contributed by atoms with Crippen molar-refractivity contribution in [3.05, 3.63) is 0 Å². The molecule has 0 aromatic carbocycles. The molecule has 2 N–H and O–H groups in total. The molecule has 0 saturated carbocycles. The largest absolute Gasteiger partial charge is 0.463 e. The lowest BCUT2D eigenvalue weighted by Gasteiger charge is -2.11. The van der Waals surface area contributed by atoms with Crippen LogP contribution in [0.25, 0.3) is 0 Å². The van der Waals surface area contributed by atoms with Crippen LogP contribution in [-0.4, -0.2) is 35.5 Å². The van der Waals surface area contributed by atoms with Crippen molar-refractivity contribution < 1.29 is 19.7 Å². The number of ether oxygens (including phenoxy) is 1. The van der Waals surface area contributed by atoms with E-state index in [1.807, 2.05) is 0 Å². The number of unbranched alkanes of at least 4 members (excludes halogenated alkanes) is 6. The van der Waals surface area contributed by atoms with Gasteiger partial charge in [0.25, 0.3) is 0 Å². The first kappa shape index (κ1) is 21.4. The normalized spacial score (nSPS) is 13.8. The molecule has 0 aromatic heterocycles. The molecule has 0 radical (unpaired) electrons. The van der Waals surface area contributed by atoms with E-state index < -0.39 is 6.10 Å². The Bertz CT molecular complexity index is 255. The van der Waals surface area contributed by atoms with E-state index in [1.54, 1.807) is 0 Å². The molecule has 0 aliphatic carbocycles. The van der Waals surface area contributed by atoms with Crippen LogP contribution in [0.4, 0.5) is 0 Å². The summed E-state index contributed by atoms with van der Waals surface area (Å²) in [5.74, 6) is 0.453. The summed E-state index contributed by atoms with van der Waals surface area (Å²) < 4.78 is 4.86. The molecule has 0 unspecified atom stereocenters. The van der Waals surface area contributed by atoms with Gasteiger partial charge in [0, 0.05) is 6.42 Å². The highest BCUT2D eigenvalue weighted by Gasteiger charge is 2.08. The van der Waals surface area contributed by atoms with E-state index in [0.717, 1.165) is 18.8 Å². The fourth-order valence-electron chi connectivity index (χ4n) is 2.49. The van der Waals surface area contributed by atoms with Crippen molar-refractivity contribution in [2.75, 3.05) is 13.2 Å². The number of aliphatic hydroxyl groups is 2. The molecule has 4 heteroatoms. The standard InChI is InChI=1S/C18H36O4/c1-3-4-5-6-7-8-11-16(2)12-9-10-13-18(21)22-15-17(20)14-19/h16-17,19-20H,3-15H2,1-2H3/t16-,17-/m0/s1. The summed E-state index contributed by atoms with van der Waals surface area (Å²) in [6.45, 7) is 4.06. The number of carbonyl (C=O) groups excluding carboxylic acids is 1. The van der Waals surface area contributed by atoms with Crippen LogP contribution in [0, 0.1) is 5.92 Å². The predicted octanol–water partition coefficient (Wildman–Crippen LogP) is 3.83. The van der Waals surface area contributed by atoms with Crippen LogP contribution < -0.4 is 0 Å². The van der Waals surface area contributed by atoms with E-state index in [-0.39, 0.29) is 19.2 Å². The van der Waals surface area contributed by atoms with Crippen LogP contribution in [0.2, 0.25) is 0 Å². The Balaban J connectivity index is 3.37. The summed E-state index contributed by atoms with van der Waals surface area (Å²) in [7, 11) is 0. The van der Waals surface area contributed by atoms with Crippen molar-refractivity contribution in [3.8, 4) is 0 Å². The van der Waals surface area contributed by atoms with E-state index in [0.29, 0.717) is 6.42 Å². The highest BCUT2D eigenvalue weighted by Crippen LogP contribution is 2.17. The van der Waals surface area contributed by atoms with Crippen LogP contribution in [0.15, 0.2) is 0 Å². The van der Waals surface area contributed by atoms with Gasteiger partial charge in [-0.2, -0.15) is 0 Å². The molecule has 22 heavy (non-hydrogen) atoms. The number of carbonyl (C=O) groups is 1. The van der Waals surface area contributed by atoms with E-state index in [9.17, 15) is 4.79 Å². The lowest BCUT2D eigenvalue weighted by atomic mass is 9.96. The van der Waals surface area contributed by atoms with Crippen LogP contribution in [0.5, 0.6) is 0 Å². The fraction of sp³-hybridized carbons (Fsp3) is 0.944. The smallest absolute Gasteiger partial charge is 0.305 e. The highest BCUT2D eigenvalue weighted by molar-refractivity contribution is 5.69. The second kappa shape index (κ2) is 15.3. The van der Waals surface area contributed by atoms with Crippen LogP contribution in [0.3, 0.4) is 0 Å². The molecule has 0 amide bonds. The van der Waals surface area contributed by atoms with Gasteiger partial charge >= 0.3 is 5.97 Å². The van der Waals surface area contributed by atoms with Crippen LogP contribution >= 0.6 is 0 Å². The molecule has 0 fully saturated rings. The number of rotatable bonds is 15. The quantitative estimate of drug-likeness (QED) is 0.356. The number of hydrogen-bond acceptors (Lipinski definition) is 4. The Morgan fingerprint density at radius 2 is 1.59 bits per heavy atom. The maximum absolute atomic E-state index is 11.4. The van der Waals surface area contributed by atoms with Crippen molar-refractivity contribution in [3.63, 3.8) is 0 Å². The third-order valence-corrected chi connectivity index (χ3v) is 4.03. The molecule has 0 aliphatic heterocycles. The zero-order chi connectivity index (χ0) is 16.6. The van der Waals surface area contributed by atoms with Gasteiger partial charge in [0.15, 0.2) is 0 Å². The fourth-order valence-corrected chi connectivity index (χ4v) is 2.49. The Morgan fingerprint density at radius 1 is 1.00 bits per heavy atom. The van der Waals surface area contributed by atoms with Gasteiger partial charge in [0.1, 0.15) is 12.7 Å². The van der Waals surface area contributed by atoms with Gasteiger partial charge < -0.3 is 14.9 Å². The Morgan fingerprint density at radius 3 is 2.23 bits per heavy atom. The van der Waals surface area contributed by atoms with Gasteiger partial charge in [0.2, 0.25) is 0 Å². The zero-order valence-corrected chi connectivity index (χ0v) is 14.6. The number of hydrogen-bond donors (Lipinski definition) is 2. The third kappa shape index (κ3) is 14.3. The Labute approximate surface area is 136 Å². The maximum Gasteiger partial charge on any atom is 0.305 e. The van der Waals surface area contributed by atoms with E-state index in [4.69, 9.17) is 14.9 Å². The first-order chi connectivity index (χ1) is 10.6. The second-order valence-corrected chi connectivity index (χ2v) is 6.43. The second-order valence-electron chi connectivity index (χ2n) is 6.43. The number of aliphatic hydroxyl groups excluding tert-OH is 2. The SMILES string of the molecule is CCCCCCCC[C@H](C)CCCCC(=O)OC[C@@H](O)CO. The molecule has 0 spiro atoms. The third-order valence-electron chi connectivity index (χ3n) is 4.03. The minimum Gasteiger partial charge on any atom is -0.463 e. The molecular formula is C18H36O4. The average Bonchev–Trinajstić information content (AvgIpc) is 2.52. The van der Waals surface area contributed by atoms with Crippen molar-refractivity contribution in [2.24, 2.45) is 5.92 Å². The molecule has 0 bridgehead atoms. The summed E-state index contributed by atoms with van der Waals surface area (Å²) in [6.07, 6.45) is 11.9. The van der Waals surface area contributed by atoms with E-state index in [2.05, 4.69) is 13.8 Å². The first-order valence-electron chi connectivity index (χ1n) is 9.04. The van der Waals surface area contributed by atoms with Crippen molar-refractivity contribution in [1.82, 2.24) is 0 Å². The van der Waals surface area contributed by atoms with Crippen molar-refractivity contribution >= 4 is 5.97 Å². The lowest BCUT2D eigenvalue weighted by molar-refractivity contribution is -0.147. The molecule has 0 aliphatic rings. The lowest BCUT2D eigenvalue weighted by Crippen LogP contribution is -2.21. The molecule has 0 rings (SSSR count). The van der Waals surface area contributed by atoms with Crippen molar-refractivity contribution in [1.29, 1.82) is 0 Å². The first-order valence-corrected chi connectivity index (χ1v) is 9.04. The molecular weight excluding hydrogens is 280 g/mol. The summed E-state index contributed by atoms with van der Waals surface area (Å²) in [4.78, 5) is 11.4. The maximum atomic E-state index is 11.4. The summed E-state index contributed by atoms with van der Waals surface area (Å²) in [5, 5.41) is 17.7. The van der Waals surface area contributed by atoms with Gasteiger partial charge in [-0.25, -0.2) is 0 Å². The highest BCUT2D eigenvalue weighted by atomic mass is 16.5. The molecule has 132 valence electrons. The molecule has 0 saturated heterocycles. The van der Waals surface area contributed by atoms with E-state index >= 15 is 0 Å². The summed E-state index contributed by atoms with van der Waals surface area (Å²) >= 11 is 0. The molecule has 0 aromatic rings. The topological polar surface area (TPSA) is 66.8 Å². The van der Waals surface area contributed by atoms with Gasteiger partial charge in [-0.15, -0.1) is 0 Å². The molecule has 2 atom stereocenters. The van der Waals surface area contributed by atoms with E-state index in [1.165, 1.54) is 51.4 Å². The summed E-state index contributed by atoms with van der Waals surface area (Å²) in [5.41, 5.74) is 0. The molecule has 4 nitrogen and oxygen atoms in total. The minimum absolute atomic E-state index is 0.107. The molecule has 0 heterocycles. The minimum atomic E-state index is -0.957. The van der Waals surface area contributed by atoms with Gasteiger partial charge in [-0.1, -0.05) is 71.6 Å². The monoisotopic (exact) mass is 316 g/mol. The van der Waals surface area contributed by atoms with Crippen LogP contribution in [0.1, 0.15) is 84.5 Å². The summed E-state index contributed by atoms with van der Waals surface area (Å²) in [6, 6.07) is 0. The van der Waals surface area contributed by atoms with Gasteiger partial charge in [-0.05, 0) is 12.3 Å². The van der Waals surface area contributed by atoms with Gasteiger partial charge in [-0.3, -0.25) is 4.79 Å². The predicted molar refractivity (Wildman–Crippen MR) is 89.7 cm³/mol. The van der Waals surface area contributed by atoms with Crippen LogP contribution in [-0.2, 0) is 9.53 Å². The Hall–Kier alpha value is -0.610. The number of esters is 1. The Kier molecular flexibility index (Phi) is 14.9. The zero-order valence-electron chi connectivity index (χ0n) is 14.6. The average molecular weight is 316 g/mol.